The fraction of sp³-hybridized carbons (Fsp3) is 0.280. The molecule has 0 aliphatic carbocycles. The minimum Gasteiger partial charge on any atom is -0.493 e. The van der Waals surface area contributed by atoms with Crippen molar-refractivity contribution in [2.45, 2.75) is 19.2 Å². The first-order chi connectivity index (χ1) is 15.1. The Morgan fingerprint density at radius 1 is 0.935 bits per heavy atom. The summed E-state index contributed by atoms with van der Waals surface area (Å²) in [6.07, 6.45) is -0.424. The average molecular weight is 423 g/mol. The Labute approximate surface area is 181 Å². The van der Waals surface area contributed by atoms with Gasteiger partial charge in [0.1, 0.15) is 17.7 Å². The summed E-state index contributed by atoms with van der Waals surface area (Å²) in [6, 6.07) is 18.6. The van der Waals surface area contributed by atoms with E-state index in [9.17, 15) is 4.39 Å². The molecular formula is C25H26FNO4. The number of methoxy groups -OCH3 is 3. The van der Waals surface area contributed by atoms with Crippen LogP contribution in [0.2, 0.25) is 0 Å². The minimum atomic E-state index is -0.424. The Kier molecular flexibility index (Phi) is 6.28. The van der Waals surface area contributed by atoms with E-state index >= 15 is 0 Å². The second-order valence-electron chi connectivity index (χ2n) is 7.44. The van der Waals surface area contributed by atoms with E-state index < -0.39 is 6.10 Å². The summed E-state index contributed by atoms with van der Waals surface area (Å²) in [4.78, 5) is 2.24. The topological polar surface area (TPSA) is 40.2 Å². The molecule has 0 fully saturated rings. The van der Waals surface area contributed by atoms with Crippen LogP contribution in [0.5, 0.6) is 23.0 Å². The van der Waals surface area contributed by atoms with Gasteiger partial charge < -0.3 is 18.9 Å². The monoisotopic (exact) mass is 423 g/mol. The van der Waals surface area contributed by atoms with E-state index in [0.717, 1.165) is 16.9 Å². The van der Waals surface area contributed by atoms with Gasteiger partial charge in [-0.15, -0.1) is 0 Å². The molecule has 0 aromatic heterocycles. The molecular weight excluding hydrogens is 397 g/mol. The van der Waals surface area contributed by atoms with Crippen molar-refractivity contribution in [2.24, 2.45) is 0 Å². The van der Waals surface area contributed by atoms with Crippen LogP contribution in [0.25, 0.3) is 0 Å². The number of benzene rings is 3. The minimum absolute atomic E-state index is 0.264. The van der Waals surface area contributed by atoms with E-state index in [-0.39, 0.29) is 5.82 Å². The van der Waals surface area contributed by atoms with Crippen LogP contribution in [0.4, 0.5) is 4.39 Å². The van der Waals surface area contributed by atoms with Gasteiger partial charge in [0, 0.05) is 30.8 Å². The van der Waals surface area contributed by atoms with Gasteiger partial charge in [0.2, 0.25) is 5.75 Å². The van der Waals surface area contributed by atoms with Crippen molar-refractivity contribution in [3.8, 4) is 23.0 Å². The number of hydrogen-bond acceptors (Lipinski definition) is 5. The lowest BCUT2D eigenvalue weighted by atomic mass is 10.1. The summed E-state index contributed by atoms with van der Waals surface area (Å²) in [5.41, 5.74) is 2.61. The zero-order chi connectivity index (χ0) is 21.8. The number of rotatable bonds is 6. The third kappa shape index (κ3) is 4.44. The molecule has 0 saturated carbocycles. The van der Waals surface area contributed by atoms with Gasteiger partial charge in [-0.05, 0) is 29.8 Å². The number of halogens is 1. The van der Waals surface area contributed by atoms with Crippen LogP contribution in [-0.2, 0) is 13.1 Å². The van der Waals surface area contributed by atoms with E-state index in [4.69, 9.17) is 18.9 Å². The third-order valence-electron chi connectivity index (χ3n) is 5.44. The molecule has 162 valence electrons. The van der Waals surface area contributed by atoms with Gasteiger partial charge in [0.15, 0.2) is 11.5 Å². The van der Waals surface area contributed by atoms with Crippen molar-refractivity contribution < 1.29 is 23.3 Å². The van der Waals surface area contributed by atoms with Crippen LogP contribution >= 0.6 is 0 Å². The van der Waals surface area contributed by atoms with Gasteiger partial charge >= 0.3 is 0 Å². The number of nitrogens with zero attached hydrogens (tertiary/aromatic N) is 1. The highest BCUT2D eigenvalue weighted by Gasteiger charge is 2.26. The van der Waals surface area contributed by atoms with Crippen molar-refractivity contribution in [1.29, 1.82) is 0 Å². The van der Waals surface area contributed by atoms with Gasteiger partial charge in [-0.2, -0.15) is 0 Å². The second-order valence-corrected chi connectivity index (χ2v) is 7.44. The third-order valence-corrected chi connectivity index (χ3v) is 5.44. The maximum Gasteiger partial charge on any atom is 0.203 e. The van der Waals surface area contributed by atoms with E-state index in [2.05, 4.69) is 4.90 Å². The molecule has 1 unspecified atom stereocenters. The van der Waals surface area contributed by atoms with Crippen molar-refractivity contribution in [3.63, 3.8) is 0 Å². The number of hydrogen-bond donors (Lipinski definition) is 0. The summed E-state index contributed by atoms with van der Waals surface area (Å²) in [5.74, 6) is 2.29. The van der Waals surface area contributed by atoms with E-state index in [0.29, 0.717) is 42.4 Å². The van der Waals surface area contributed by atoms with E-state index in [1.165, 1.54) is 6.07 Å². The van der Waals surface area contributed by atoms with Gasteiger partial charge in [-0.1, -0.05) is 36.4 Å². The van der Waals surface area contributed by atoms with Crippen LogP contribution in [0, 0.1) is 5.82 Å². The first-order valence-corrected chi connectivity index (χ1v) is 10.1. The highest BCUT2D eigenvalue weighted by Crippen LogP contribution is 2.39. The highest BCUT2D eigenvalue weighted by molar-refractivity contribution is 5.53. The summed E-state index contributed by atoms with van der Waals surface area (Å²) >= 11 is 0. The van der Waals surface area contributed by atoms with Crippen LogP contribution in [-0.4, -0.2) is 32.8 Å². The average Bonchev–Trinajstić information content (AvgIpc) is 2.97. The van der Waals surface area contributed by atoms with Crippen molar-refractivity contribution in [1.82, 2.24) is 4.90 Å². The first-order valence-electron chi connectivity index (χ1n) is 10.1. The van der Waals surface area contributed by atoms with E-state index in [1.54, 1.807) is 33.5 Å². The van der Waals surface area contributed by atoms with E-state index in [1.807, 2.05) is 42.5 Å². The van der Waals surface area contributed by atoms with Crippen molar-refractivity contribution >= 4 is 0 Å². The Hall–Kier alpha value is -3.25. The molecule has 1 atom stereocenters. The lowest BCUT2D eigenvalue weighted by molar-refractivity contribution is 0.140. The van der Waals surface area contributed by atoms with Gasteiger partial charge in [0.25, 0.3) is 0 Å². The first kappa shape index (κ1) is 21.0. The van der Waals surface area contributed by atoms with Gasteiger partial charge in [-0.25, -0.2) is 4.39 Å². The molecule has 0 saturated heterocycles. The number of para-hydroxylation sites is 1. The molecule has 5 nitrogen and oxygen atoms in total. The number of ether oxygens (including phenoxy) is 4. The van der Waals surface area contributed by atoms with Crippen LogP contribution < -0.4 is 18.9 Å². The molecule has 0 spiro atoms. The highest BCUT2D eigenvalue weighted by atomic mass is 19.1. The Morgan fingerprint density at radius 3 is 2.29 bits per heavy atom. The Morgan fingerprint density at radius 2 is 1.61 bits per heavy atom. The van der Waals surface area contributed by atoms with Crippen molar-refractivity contribution in [3.05, 3.63) is 83.2 Å². The molecule has 0 N–H and O–H groups in total. The lowest BCUT2D eigenvalue weighted by Crippen LogP contribution is -2.28. The molecule has 3 aromatic rings. The van der Waals surface area contributed by atoms with Crippen molar-refractivity contribution in [2.75, 3.05) is 27.9 Å². The summed E-state index contributed by atoms with van der Waals surface area (Å²) in [6.45, 7) is 1.82. The molecule has 1 aliphatic rings. The normalized spacial score (nSPS) is 16.1. The maximum atomic E-state index is 14.6. The molecule has 1 heterocycles. The molecule has 6 heteroatoms. The Balaban J connectivity index is 1.68. The zero-order valence-corrected chi connectivity index (χ0v) is 17.9. The second kappa shape index (κ2) is 9.27. The van der Waals surface area contributed by atoms with Gasteiger partial charge in [0.05, 0.1) is 21.3 Å². The predicted octanol–water partition coefficient (Wildman–Crippen LogP) is 4.99. The number of fused-ring (bicyclic) bond motifs is 1. The van der Waals surface area contributed by atoms with Crippen LogP contribution in [0.3, 0.4) is 0 Å². The van der Waals surface area contributed by atoms with Gasteiger partial charge in [-0.3, -0.25) is 4.90 Å². The molecule has 4 rings (SSSR count). The molecule has 31 heavy (non-hydrogen) atoms. The van der Waals surface area contributed by atoms with Crippen LogP contribution in [0.15, 0.2) is 60.7 Å². The largest absolute Gasteiger partial charge is 0.493 e. The molecule has 3 aromatic carbocycles. The summed E-state index contributed by atoms with van der Waals surface area (Å²) in [7, 11) is 4.79. The standard InChI is InChI=1S/C25H26FNO4/c1-28-22-12-17(13-23(29-2)25(22)30-3)14-27-15-18-8-4-7-11-21(18)31-24(16-27)19-9-5-6-10-20(19)26/h4-13,24H,14-16H2,1-3H3. The fourth-order valence-electron chi connectivity index (χ4n) is 3.98. The fourth-order valence-corrected chi connectivity index (χ4v) is 3.98. The van der Waals surface area contributed by atoms with Crippen LogP contribution in [0.1, 0.15) is 22.8 Å². The molecule has 0 bridgehead atoms. The SMILES string of the molecule is COc1cc(CN2Cc3ccccc3OC(c3ccccc3F)C2)cc(OC)c1OC. The Bertz CT molecular complexity index is 1030. The molecule has 1 aliphatic heterocycles. The molecule has 0 radical (unpaired) electrons. The maximum absolute atomic E-state index is 14.6. The predicted molar refractivity (Wildman–Crippen MR) is 116 cm³/mol. The molecule has 0 amide bonds. The summed E-state index contributed by atoms with van der Waals surface area (Å²) in [5, 5.41) is 0. The smallest absolute Gasteiger partial charge is 0.203 e. The lowest BCUT2D eigenvalue weighted by Gasteiger charge is -2.25. The quantitative estimate of drug-likeness (QED) is 0.559. The zero-order valence-electron chi connectivity index (χ0n) is 17.9. The summed E-state index contributed by atoms with van der Waals surface area (Å²) < 4.78 is 37.3.